The van der Waals surface area contributed by atoms with Gasteiger partial charge in [-0.1, -0.05) is 13.8 Å². The molecular formula is C18H13N3O7. The van der Waals surface area contributed by atoms with Crippen molar-refractivity contribution in [1.82, 2.24) is 14.4 Å². The first kappa shape index (κ1) is 17.5. The molecule has 0 amide bonds. The number of carboxylic acid groups (broad SMARTS) is 3. The normalized spacial score (nSPS) is 11.8. The molecule has 10 nitrogen and oxygen atoms in total. The molecule has 0 saturated carbocycles. The smallest absolute Gasteiger partial charge is 0.352 e. The minimum atomic E-state index is -1.41. The Bertz CT molecular complexity index is 1390. The molecule has 0 unspecified atom stereocenters. The lowest BCUT2D eigenvalue weighted by atomic mass is 10.0. The fourth-order valence-corrected chi connectivity index (χ4v) is 3.51. The average Bonchev–Trinajstić information content (AvgIpc) is 3.22. The van der Waals surface area contributed by atoms with Gasteiger partial charge >= 0.3 is 17.9 Å². The largest absolute Gasteiger partial charge is 0.478 e. The molecule has 0 bridgehead atoms. The van der Waals surface area contributed by atoms with Crippen LogP contribution in [-0.2, 0) is 0 Å². The van der Waals surface area contributed by atoms with Crippen LogP contribution in [-0.4, -0.2) is 47.6 Å². The highest BCUT2D eigenvalue weighted by Crippen LogP contribution is 2.33. The zero-order valence-corrected chi connectivity index (χ0v) is 14.6. The molecule has 10 heteroatoms. The molecule has 0 aliphatic carbocycles. The van der Waals surface area contributed by atoms with Crippen molar-refractivity contribution in [3.63, 3.8) is 0 Å². The van der Waals surface area contributed by atoms with Crippen molar-refractivity contribution in [2.75, 3.05) is 0 Å². The van der Waals surface area contributed by atoms with Crippen molar-refractivity contribution in [2.24, 2.45) is 0 Å². The number of nitrogens with one attached hydrogen (secondary N) is 1. The molecule has 0 spiro atoms. The summed E-state index contributed by atoms with van der Waals surface area (Å²) in [6.07, 6.45) is 0. The van der Waals surface area contributed by atoms with Crippen LogP contribution in [0.5, 0.6) is 0 Å². The maximum atomic E-state index is 12.9. The Hall–Kier alpha value is -3.95. The monoisotopic (exact) mass is 383 g/mol. The van der Waals surface area contributed by atoms with E-state index in [4.69, 9.17) is 0 Å². The lowest BCUT2D eigenvalue weighted by Crippen LogP contribution is -2.13. The number of aromatic carboxylic acids is 3. The van der Waals surface area contributed by atoms with E-state index in [0.29, 0.717) is 0 Å². The maximum Gasteiger partial charge on any atom is 0.352 e. The van der Waals surface area contributed by atoms with Crippen molar-refractivity contribution in [2.45, 2.75) is 19.8 Å². The molecule has 142 valence electrons. The summed E-state index contributed by atoms with van der Waals surface area (Å²) in [6, 6.07) is 2.12. The number of pyridine rings is 1. The Morgan fingerprint density at radius 1 is 1.07 bits per heavy atom. The third kappa shape index (κ3) is 2.11. The summed E-state index contributed by atoms with van der Waals surface area (Å²) in [4.78, 5) is 54.8. The second kappa shape index (κ2) is 5.52. The van der Waals surface area contributed by atoms with E-state index in [9.17, 15) is 34.5 Å². The lowest BCUT2D eigenvalue weighted by molar-refractivity contribution is 0.0677. The van der Waals surface area contributed by atoms with E-state index in [1.165, 1.54) is 4.40 Å². The summed E-state index contributed by atoms with van der Waals surface area (Å²) < 4.78 is 1.26. The van der Waals surface area contributed by atoms with Crippen LogP contribution in [0.3, 0.4) is 0 Å². The van der Waals surface area contributed by atoms with Gasteiger partial charge in [-0.25, -0.2) is 19.4 Å². The first-order valence-corrected chi connectivity index (χ1v) is 8.20. The highest BCUT2D eigenvalue weighted by Gasteiger charge is 2.28. The summed E-state index contributed by atoms with van der Waals surface area (Å²) in [5.74, 6) is -4.08. The number of hydrogen-bond donors (Lipinski definition) is 4. The Morgan fingerprint density at radius 3 is 2.29 bits per heavy atom. The average molecular weight is 383 g/mol. The van der Waals surface area contributed by atoms with Crippen LogP contribution >= 0.6 is 0 Å². The van der Waals surface area contributed by atoms with Crippen LogP contribution in [0.4, 0.5) is 0 Å². The van der Waals surface area contributed by atoms with Gasteiger partial charge in [-0.3, -0.25) is 9.20 Å². The van der Waals surface area contributed by atoms with E-state index in [2.05, 4.69) is 9.97 Å². The third-order valence-electron chi connectivity index (χ3n) is 4.66. The van der Waals surface area contributed by atoms with Crippen molar-refractivity contribution in [1.29, 1.82) is 0 Å². The highest BCUT2D eigenvalue weighted by molar-refractivity contribution is 6.20. The molecule has 0 atom stereocenters. The number of H-pyrrole nitrogens is 1. The van der Waals surface area contributed by atoms with Gasteiger partial charge in [0.1, 0.15) is 22.7 Å². The summed E-state index contributed by atoms with van der Waals surface area (Å²) in [6.45, 7) is 3.53. The number of fused-ring (bicyclic) bond motifs is 2. The van der Waals surface area contributed by atoms with Gasteiger partial charge in [0.25, 0.3) is 0 Å². The summed E-state index contributed by atoms with van der Waals surface area (Å²) in [7, 11) is 0. The van der Waals surface area contributed by atoms with Gasteiger partial charge in [0.15, 0.2) is 0 Å². The molecule has 4 N–H and O–H groups in total. The molecule has 0 saturated heterocycles. The van der Waals surface area contributed by atoms with E-state index in [1.54, 1.807) is 13.8 Å². The van der Waals surface area contributed by atoms with Gasteiger partial charge in [-0.15, -0.1) is 0 Å². The van der Waals surface area contributed by atoms with E-state index < -0.39 is 23.3 Å². The summed E-state index contributed by atoms with van der Waals surface area (Å²) in [5, 5.41) is 28.5. The Balaban J connectivity index is 2.41. The molecule has 4 rings (SSSR count). The van der Waals surface area contributed by atoms with Crippen LogP contribution in [0.1, 0.15) is 56.9 Å². The number of benzene rings is 1. The Kier molecular flexibility index (Phi) is 3.44. The second-order valence-corrected chi connectivity index (χ2v) is 6.69. The van der Waals surface area contributed by atoms with Crippen LogP contribution in [0.15, 0.2) is 16.9 Å². The number of rotatable bonds is 4. The predicted octanol–water partition coefficient (Wildman–Crippen LogP) is 1.98. The fraction of sp³-hybridized carbons (Fsp3) is 0.167. The summed E-state index contributed by atoms with van der Waals surface area (Å²) >= 11 is 0. The van der Waals surface area contributed by atoms with Gasteiger partial charge in [0.2, 0.25) is 5.43 Å². The third-order valence-corrected chi connectivity index (χ3v) is 4.66. The molecule has 3 aromatic heterocycles. The standard InChI is InChI=1S/C18H13N3O7/c1-5(2)15-20-12-13-10(6(16(23)24)4-9(18(27)28)21(13)15)11-7(14(12)22)3-8(19-11)17(25)26/h3-5,19H,1-2H3,(H,23,24)(H,25,26)(H,27,28). The number of aromatic amines is 1. The van der Waals surface area contributed by atoms with Crippen LogP contribution in [0.2, 0.25) is 0 Å². The lowest BCUT2D eigenvalue weighted by Gasteiger charge is -2.12. The summed E-state index contributed by atoms with van der Waals surface area (Å²) in [5.41, 5.74) is -1.65. The molecular weight excluding hydrogens is 370 g/mol. The first-order valence-electron chi connectivity index (χ1n) is 8.20. The predicted molar refractivity (Wildman–Crippen MR) is 97.0 cm³/mol. The Morgan fingerprint density at radius 2 is 1.75 bits per heavy atom. The fourth-order valence-electron chi connectivity index (χ4n) is 3.51. The topological polar surface area (TPSA) is 162 Å². The number of carboxylic acids is 3. The van der Waals surface area contributed by atoms with E-state index in [-0.39, 0.29) is 56.0 Å². The van der Waals surface area contributed by atoms with E-state index >= 15 is 0 Å². The maximum absolute atomic E-state index is 12.9. The van der Waals surface area contributed by atoms with Gasteiger partial charge in [-0.2, -0.15) is 0 Å². The number of imidazole rings is 1. The molecule has 0 radical (unpaired) electrons. The first-order chi connectivity index (χ1) is 13.1. The van der Waals surface area contributed by atoms with Crippen LogP contribution < -0.4 is 5.43 Å². The molecule has 1 aromatic carbocycles. The molecule has 4 aromatic rings. The zero-order valence-electron chi connectivity index (χ0n) is 14.6. The van der Waals surface area contributed by atoms with Crippen molar-refractivity contribution >= 4 is 45.2 Å². The van der Waals surface area contributed by atoms with Gasteiger partial charge in [0.05, 0.1) is 22.0 Å². The number of hydrogen-bond acceptors (Lipinski definition) is 5. The van der Waals surface area contributed by atoms with Crippen molar-refractivity contribution in [3.05, 3.63) is 45.1 Å². The van der Waals surface area contributed by atoms with E-state index in [0.717, 1.165) is 12.1 Å². The Labute approximate surface area is 155 Å². The SMILES string of the molecule is CC(C)c1nc2c(=O)c3cc(C(=O)O)[nH]c3c3c(C(=O)O)cc(C(=O)O)n1c23. The molecule has 0 fully saturated rings. The van der Waals surface area contributed by atoms with Crippen LogP contribution in [0, 0.1) is 0 Å². The minimum Gasteiger partial charge on any atom is -0.478 e. The van der Waals surface area contributed by atoms with Crippen LogP contribution in [0.25, 0.3) is 27.3 Å². The second-order valence-electron chi connectivity index (χ2n) is 6.69. The van der Waals surface area contributed by atoms with Gasteiger partial charge in [-0.05, 0) is 12.1 Å². The van der Waals surface area contributed by atoms with E-state index in [1.807, 2.05) is 0 Å². The van der Waals surface area contributed by atoms with Crippen molar-refractivity contribution < 1.29 is 29.7 Å². The molecule has 28 heavy (non-hydrogen) atoms. The van der Waals surface area contributed by atoms with Gasteiger partial charge < -0.3 is 20.3 Å². The number of aromatic nitrogens is 3. The number of nitrogens with zero attached hydrogens (tertiary/aromatic N) is 2. The quantitative estimate of drug-likeness (QED) is 0.416. The molecule has 0 aliphatic heterocycles. The molecule has 0 aliphatic rings. The van der Waals surface area contributed by atoms with Gasteiger partial charge in [0, 0.05) is 11.3 Å². The molecule has 3 heterocycles. The zero-order chi connectivity index (χ0) is 20.5. The van der Waals surface area contributed by atoms with Crippen molar-refractivity contribution in [3.8, 4) is 0 Å². The highest BCUT2D eigenvalue weighted by atomic mass is 16.4. The minimum absolute atomic E-state index is 0.0180. The number of carbonyl (C=O) groups is 3.